The molecule has 1 atom stereocenters. The third-order valence-electron chi connectivity index (χ3n) is 2.48. The smallest absolute Gasteiger partial charge is 0.371 e. The van der Waals surface area contributed by atoms with Crippen LogP contribution >= 0.6 is 0 Å². The summed E-state index contributed by atoms with van der Waals surface area (Å²) in [5.74, 6) is -0.545. The number of nitrogens with zero attached hydrogens (tertiary/aromatic N) is 2. The van der Waals surface area contributed by atoms with E-state index in [1.54, 1.807) is 6.92 Å². The van der Waals surface area contributed by atoms with Crippen LogP contribution in [0.15, 0.2) is 10.5 Å². The maximum absolute atomic E-state index is 10.7. The largest absolute Gasteiger partial charge is 0.475 e. The van der Waals surface area contributed by atoms with Gasteiger partial charge in [0.1, 0.15) is 5.76 Å². The van der Waals surface area contributed by atoms with Crippen LogP contribution in [0.5, 0.6) is 0 Å². The van der Waals surface area contributed by atoms with Crippen molar-refractivity contribution in [2.45, 2.75) is 20.4 Å². The highest BCUT2D eigenvalue weighted by atomic mass is 16.4. The number of aromatic carboxylic acids is 1. The van der Waals surface area contributed by atoms with Crippen molar-refractivity contribution in [3.05, 3.63) is 23.2 Å². The Bertz CT molecular complexity index is 445. The van der Waals surface area contributed by atoms with E-state index in [1.807, 2.05) is 18.9 Å². The van der Waals surface area contributed by atoms with Crippen LogP contribution in [0.25, 0.3) is 0 Å². The van der Waals surface area contributed by atoms with E-state index in [0.717, 1.165) is 5.56 Å². The molecule has 0 saturated heterocycles. The summed E-state index contributed by atoms with van der Waals surface area (Å²) < 4.78 is 5.12. The van der Waals surface area contributed by atoms with Gasteiger partial charge in [0, 0.05) is 18.7 Å². The van der Waals surface area contributed by atoms with Crippen LogP contribution in [-0.2, 0) is 6.54 Å². The van der Waals surface area contributed by atoms with Crippen molar-refractivity contribution in [1.29, 1.82) is 5.26 Å². The van der Waals surface area contributed by atoms with Crippen molar-refractivity contribution in [2.24, 2.45) is 5.92 Å². The maximum Gasteiger partial charge on any atom is 0.371 e. The monoisotopic (exact) mass is 236 g/mol. The van der Waals surface area contributed by atoms with Gasteiger partial charge in [-0.1, -0.05) is 0 Å². The van der Waals surface area contributed by atoms with Crippen LogP contribution in [0.4, 0.5) is 0 Å². The predicted octanol–water partition coefficient (Wildman–Crippen LogP) is 1.88. The number of furan rings is 1. The summed E-state index contributed by atoms with van der Waals surface area (Å²) in [6, 6.07) is 3.69. The molecule has 92 valence electrons. The number of carboxylic acids is 1. The third-order valence-corrected chi connectivity index (χ3v) is 2.48. The summed E-state index contributed by atoms with van der Waals surface area (Å²) in [5, 5.41) is 17.5. The van der Waals surface area contributed by atoms with Crippen LogP contribution < -0.4 is 0 Å². The molecule has 1 unspecified atom stereocenters. The highest BCUT2D eigenvalue weighted by Crippen LogP contribution is 2.16. The van der Waals surface area contributed by atoms with Crippen LogP contribution in [0.3, 0.4) is 0 Å². The van der Waals surface area contributed by atoms with Crippen molar-refractivity contribution in [2.75, 3.05) is 13.6 Å². The molecule has 5 nitrogen and oxygen atoms in total. The summed E-state index contributed by atoms with van der Waals surface area (Å²) in [7, 11) is 1.89. The zero-order valence-electron chi connectivity index (χ0n) is 10.2. The van der Waals surface area contributed by atoms with E-state index in [-0.39, 0.29) is 11.7 Å². The number of aryl methyl sites for hydroxylation is 1. The van der Waals surface area contributed by atoms with E-state index in [4.69, 9.17) is 14.8 Å². The van der Waals surface area contributed by atoms with Gasteiger partial charge in [0.05, 0.1) is 12.0 Å². The van der Waals surface area contributed by atoms with Crippen LogP contribution in [0.2, 0.25) is 0 Å². The minimum absolute atomic E-state index is 0.0424. The zero-order valence-corrected chi connectivity index (χ0v) is 10.2. The fourth-order valence-electron chi connectivity index (χ4n) is 1.65. The van der Waals surface area contributed by atoms with Crippen molar-refractivity contribution in [3.8, 4) is 6.07 Å². The fraction of sp³-hybridized carbons (Fsp3) is 0.500. The van der Waals surface area contributed by atoms with Gasteiger partial charge in [0.25, 0.3) is 0 Å². The van der Waals surface area contributed by atoms with Crippen LogP contribution in [0, 0.1) is 24.2 Å². The molecule has 0 aliphatic carbocycles. The van der Waals surface area contributed by atoms with E-state index >= 15 is 0 Å². The molecule has 1 rings (SSSR count). The van der Waals surface area contributed by atoms with Gasteiger partial charge in [-0.05, 0) is 27.0 Å². The zero-order chi connectivity index (χ0) is 13.0. The second-order valence-electron chi connectivity index (χ2n) is 4.22. The normalized spacial score (nSPS) is 12.4. The molecule has 1 N–H and O–H groups in total. The number of hydrogen-bond donors (Lipinski definition) is 1. The highest BCUT2D eigenvalue weighted by Gasteiger charge is 2.15. The van der Waals surface area contributed by atoms with Crippen molar-refractivity contribution >= 4 is 5.97 Å². The fourth-order valence-corrected chi connectivity index (χ4v) is 1.65. The van der Waals surface area contributed by atoms with Gasteiger partial charge in [-0.2, -0.15) is 5.26 Å². The molecule has 0 aliphatic heterocycles. The Kier molecular flexibility index (Phi) is 4.30. The van der Waals surface area contributed by atoms with E-state index in [2.05, 4.69) is 6.07 Å². The Balaban J connectivity index is 2.69. The Morgan fingerprint density at radius 2 is 2.35 bits per heavy atom. The second-order valence-corrected chi connectivity index (χ2v) is 4.22. The van der Waals surface area contributed by atoms with Gasteiger partial charge >= 0.3 is 5.97 Å². The maximum atomic E-state index is 10.7. The number of rotatable bonds is 5. The molecule has 0 aromatic carbocycles. The minimum atomic E-state index is -1.06. The van der Waals surface area contributed by atoms with Crippen molar-refractivity contribution in [1.82, 2.24) is 4.90 Å². The molecular weight excluding hydrogens is 220 g/mol. The topological polar surface area (TPSA) is 77.5 Å². The average Bonchev–Trinajstić information content (AvgIpc) is 2.60. The standard InChI is InChI=1S/C12H16N2O3/c1-8(5-13)6-14(3)7-10-4-11(12(15)16)17-9(10)2/h4,8H,6-7H2,1-3H3,(H,15,16). The molecule has 0 saturated carbocycles. The van der Waals surface area contributed by atoms with Gasteiger partial charge in [0.15, 0.2) is 0 Å². The lowest BCUT2D eigenvalue weighted by atomic mass is 10.2. The summed E-state index contributed by atoms with van der Waals surface area (Å²) in [4.78, 5) is 12.7. The summed E-state index contributed by atoms with van der Waals surface area (Å²) in [5.41, 5.74) is 0.843. The van der Waals surface area contributed by atoms with E-state index in [1.165, 1.54) is 6.07 Å². The first-order chi connectivity index (χ1) is 7.93. The summed E-state index contributed by atoms with van der Waals surface area (Å²) in [6.45, 7) is 4.81. The van der Waals surface area contributed by atoms with Crippen LogP contribution in [0.1, 0.15) is 28.8 Å². The molecule has 1 aromatic rings. The molecule has 0 fully saturated rings. The van der Waals surface area contributed by atoms with Crippen molar-refractivity contribution < 1.29 is 14.3 Å². The van der Waals surface area contributed by atoms with Gasteiger partial charge in [0.2, 0.25) is 5.76 Å². The predicted molar refractivity (Wildman–Crippen MR) is 61.5 cm³/mol. The molecule has 1 heterocycles. The van der Waals surface area contributed by atoms with E-state index in [0.29, 0.717) is 18.8 Å². The lowest BCUT2D eigenvalue weighted by molar-refractivity contribution is 0.0661. The lowest BCUT2D eigenvalue weighted by Crippen LogP contribution is -2.23. The number of carbonyl (C=O) groups is 1. The summed E-state index contributed by atoms with van der Waals surface area (Å²) in [6.07, 6.45) is 0. The second kappa shape index (κ2) is 5.51. The van der Waals surface area contributed by atoms with Crippen LogP contribution in [-0.4, -0.2) is 29.6 Å². The molecule has 1 aromatic heterocycles. The Morgan fingerprint density at radius 3 is 2.82 bits per heavy atom. The molecule has 0 amide bonds. The molecule has 0 bridgehead atoms. The van der Waals surface area contributed by atoms with Crippen molar-refractivity contribution in [3.63, 3.8) is 0 Å². The minimum Gasteiger partial charge on any atom is -0.475 e. The van der Waals surface area contributed by atoms with Gasteiger partial charge in [-0.15, -0.1) is 0 Å². The third kappa shape index (κ3) is 3.61. The van der Waals surface area contributed by atoms with E-state index < -0.39 is 5.97 Å². The van der Waals surface area contributed by atoms with Gasteiger partial charge < -0.3 is 14.4 Å². The first-order valence-corrected chi connectivity index (χ1v) is 5.34. The average molecular weight is 236 g/mol. The molecule has 0 radical (unpaired) electrons. The Labute approximate surface area is 100 Å². The Hall–Kier alpha value is -1.80. The van der Waals surface area contributed by atoms with Gasteiger partial charge in [-0.25, -0.2) is 4.79 Å². The number of nitriles is 1. The SMILES string of the molecule is Cc1oc(C(=O)O)cc1CN(C)CC(C)C#N. The quantitative estimate of drug-likeness (QED) is 0.844. The molecule has 17 heavy (non-hydrogen) atoms. The van der Waals surface area contributed by atoms with E-state index in [9.17, 15) is 4.79 Å². The molecular formula is C12H16N2O3. The first-order valence-electron chi connectivity index (χ1n) is 5.34. The summed E-state index contributed by atoms with van der Waals surface area (Å²) >= 11 is 0. The molecule has 0 aliphatic rings. The lowest BCUT2D eigenvalue weighted by Gasteiger charge is -2.16. The Morgan fingerprint density at radius 1 is 1.71 bits per heavy atom. The molecule has 0 spiro atoms. The highest BCUT2D eigenvalue weighted by molar-refractivity contribution is 5.84. The molecule has 5 heteroatoms. The number of carboxylic acid groups (broad SMARTS) is 1. The van der Waals surface area contributed by atoms with Gasteiger partial charge in [-0.3, -0.25) is 0 Å². The number of hydrogen-bond acceptors (Lipinski definition) is 4. The first kappa shape index (κ1) is 13.3.